The number of nitrogens with one attached hydrogen (secondary N) is 1. The zero-order chi connectivity index (χ0) is 14.1. The van der Waals surface area contributed by atoms with Gasteiger partial charge in [-0.3, -0.25) is 4.79 Å². The number of ether oxygens (including phenoxy) is 1. The Balaban J connectivity index is 2.24. The fraction of sp³-hybridized carbons (Fsp3) is 0.500. The van der Waals surface area contributed by atoms with Crippen LogP contribution in [0.4, 0.5) is 4.39 Å². The lowest BCUT2D eigenvalue weighted by Crippen LogP contribution is -2.25. The van der Waals surface area contributed by atoms with Crippen LogP contribution in [0.2, 0.25) is 0 Å². The van der Waals surface area contributed by atoms with Gasteiger partial charge in [0.05, 0.1) is 5.56 Å². The van der Waals surface area contributed by atoms with E-state index in [4.69, 9.17) is 4.74 Å². The lowest BCUT2D eigenvalue weighted by Gasteiger charge is -2.07. The Morgan fingerprint density at radius 2 is 2.11 bits per heavy atom. The third-order valence-corrected chi connectivity index (χ3v) is 3.23. The molecule has 0 atom stereocenters. The molecular formula is C14H19BrFNO2. The molecule has 3 nitrogen and oxygen atoms in total. The molecule has 0 unspecified atom stereocenters. The molecule has 0 bridgehead atoms. The zero-order valence-electron chi connectivity index (χ0n) is 11.0. The summed E-state index contributed by atoms with van der Waals surface area (Å²) in [5.74, 6) is -0.576. The van der Waals surface area contributed by atoms with E-state index in [2.05, 4.69) is 28.2 Å². The van der Waals surface area contributed by atoms with Crippen molar-refractivity contribution in [2.45, 2.75) is 26.2 Å². The molecule has 1 rings (SSSR count). The summed E-state index contributed by atoms with van der Waals surface area (Å²) < 4.78 is 18.7. The first-order chi connectivity index (χ1) is 9.15. The molecule has 0 radical (unpaired) electrons. The SMILES string of the molecule is CCCCOCCCNC(=O)c1ccc(F)cc1Br. The van der Waals surface area contributed by atoms with E-state index in [1.165, 1.54) is 18.2 Å². The summed E-state index contributed by atoms with van der Waals surface area (Å²) in [7, 11) is 0. The minimum absolute atomic E-state index is 0.208. The van der Waals surface area contributed by atoms with Crippen LogP contribution in [0.1, 0.15) is 36.5 Å². The second-order valence-corrected chi connectivity index (χ2v) is 5.05. The van der Waals surface area contributed by atoms with Gasteiger partial charge in [0.1, 0.15) is 5.82 Å². The summed E-state index contributed by atoms with van der Waals surface area (Å²) in [5.41, 5.74) is 0.438. The van der Waals surface area contributed by atoms with Gasteiger partial charge >= 0.3 is 0 Å². The number of amides is 1. The first-order valence-corrected chi connectivity index (χ1v) is 7.25. The van der Waals surface area contributed by atoms with E-state index in [1.807, 2.05) is 0 Å². The average Bonchev–Trinajstić information content (AvgIpc) is 2.37. The van der Waals surface area contributed by atoms with Crippen molar-refractivity contribution >= 4 is 21.8 Å². The number of halogens is 2. The Hall–Kier alpha value is -0.940. The minimum Gasteiger partial charge on any atom is -0.381 e. The third kappa shape index (κ3) is 6.16. The van der Waals surface area contributed by atoms with Crippen LogP contribution < -0.4 is 5.32 Å². The van der Waals surface area contributed by atoms with Crippen molar-refractivity contribution < 1.29 is 13.9 Å². The molecule has 0 aromatic heterocycles. The van der Waals surface area contributed by atoms with Crippen molar-refractivity contribution in [3.05, 3.63) is 34.1 Å². The third-order valence-electron chi connectivity index (χ3n) is 2.57. The molecular weight excluding hydrogens is 313 g/mol. The topological polar surface area (TPSA) is 38.3 Å². The highest BCUT2D eigenvalue weighted by molar-refractivity contribution is 9.10. The molecule has 0 saturated heterocycles. The second-order valence-electron chi connectivity index (χ2n) is 4.20. The average molecular weight is 332 g/mol. The Morgan fingerprint density at radius 3 is 2.79 bits per heavy atom. The molecule has 0 heterocycles. The number of unbranched alkanes of at least 4 members (excludes halogenated alkanes) is 1. The van der Waals surface area contributed by atoms with Crippen molar-refractivity contribution in [3.8, 4) is 0 Å². The number of benzene rings is 1. The van der Waals surface area contributed by atoms with E-state index in [9.17, 15) is 9.18 Å². The van der Waals surface area contributed by atoms with Crippen molar-refractivity contribution in [1.29, 1.82) is 0 Å². The van der Waals surface area contributed by atoms with Crippen LogP contribution in [0, 0.1) is 5.82 Å². The Labute approximate surface area is 121 Å². The van der Waals surface area contributed by atoms with Gasteiger partial charge in [0, 0.05) is 24.2 Å². The quantitative estimate of drug-likeness (QED) is 0.740. The zero-order valence-corrected chi connectivity index (χ0v) is 12.6. The summed E-state index contributed by atoms with van der Waals surface area (Å²) >= 11 is 3.17. The molecule has 5 heteroatoms. The largest absolute Gasteiger partial charge is 0.381 e. The van der Waals surface area contributed by atoms with E-state index in [0.29, 0.717) is 23.2 Å². The minimum atomic E-state index is -0.368. The van der Waals surface area contributed by atoms with Crippen molar-refractivity contribution in [2.75, 3.05) is 19.8 Å². The maximum Gasteiger partial charge on any atom is 0.252 e. The monoisotopic (exact) mass is 331 g/mol. The molecule has 0 fully saturated rings. The predicted octanol–water partition coefficient (Wildman–Crippen LogP) is 3.52. The number of carbonyl (C=O) groups excluding carboxylic acids is 1. The molecule has 0 spiro atoms. The van der Waals surface area contributed by atoms with Gasteiger partial charge in [-0.05, 0) is 47.0 Å². The smallest absolute Gasteiger partial charge is 0.252 e. The summed E-state index contributed by atoms with van der Waals surface area (Å²) in [4.78, 5) is 11.8. The highest BCUT2D eigenvalue weighted by atomic mass is 79.9. The van der Waals surface area contributed by atoms with Gasteiger partial charge in [0.2, 0.25) is 0 Å². The van der Waals surface area contributed by atoms with E-state index in [-0.39, 0.29) is 11.7 Å². The Morgan fingerprint density at radius 1 is 1.37 bits per heavy atom. The van der Waals surface area contributed by atoms with Gasteiger partial charge in [-0.2, -0.15) is 0 Å². The van der Waals surface area contributed by atoms with E-state index >= 15 is 0 Å². The lowest BCUT2D eigenvalue weighted by atomic mass is 10.2. The van der Waals surface area contributed by atoms with Gasteiger partial charge in [-0.1, -0.05) is 13.3 Å². The molecule has 1 N–H and O–H groups in total. The number of rotatable bonds is 8. The van der Waals surface area contributed by atoms with Gasteiger partial charge < -0.3 is 10.1 Å². The second kappa shape index (κ2) is 9.04. The maximum absolute atomic E-state index is 12.9. The highest BCUT2D eigenvalue weighted by Crippen LogP contribution is 2.17. The van der Waals surface area contributed by atoms with Crippen molar-refractivity contribution in [1.82, 2.24) is 5.32 Å². The molecule has 0 aliphatic carbocycles. The predicted molar refractivity (Wildman–Crippen MR) is 76.8 cm³/mol. The lowest BCUT2D eigenvalue weighted by molar-refractivity contribution is 0.0939. The van der Waals surface area contributed by atoms with E-state index in [0.717, 1.165) is 25.9 Å². The molecule has 1 amide bonds. The number of carbonyl (C=O) groups is 1. The molecule has 19 heavy (non-hydrogen) atoms. The molecule has 106 valence electrons. The maximum atomic E-state index is 12.9. The summed E-state index contributed by atoms with van der Waals surface area (Å²) in [5, 5.41) is 2.78. The van der Waals surface area contributed by atoms with Crippen molar-refractivity contribution in [3.63, 3.8) is 0 Å². The van der Waals surface area contributed by atoms with Crippen LogP contribution >= 0.6 is 15.9 Å². The fourth-order valence-electron chi connectivity index (χ4n) is 1.49. The van der Waals surface area contributed by atoms with Crippen LogP contribution in [0.5, 0.6) is 0 Å². The van der Waals surface area contributed by atoms with Crippen LogP contribution in [0.15, 0.2) is 22.7 Å². The summed E-state index contributed by atoms with van der Waals surface area (Å²) in [6, 6.07) is 4.02. The van der Waals surface area contributed by atoms with Gasteiger partial charge in [-0.25, -0.2) is 4.39 Å². The molecule has 1 aromatic rings. The van der Waals surface area contributed by atoms with E-state index in [1.54, 1.807) is 0 Å². The van der Waals surface area contributed by atoms with Crippen LogP contribution in [-0.4, -0.2) is 25.7 Å². The Bertz CT molecular complexity index is 412. The van der Waals surface area contributed by atoms with E-state index < -0.39 is 0 Å². The highest BCUT2D eigenvalue weighted by Gasteiger charge is 2.09. The normalized spacial score (nSPS) is 10.5. The molecule has 0 saturated carbocycles. The van der Waals surface area contributed by atoms with Gasteiger partial charge in [0.25, 0.3) is 5.91 Å². The van der Waals surface area contributed by atoms with Crippen LogP contribution in [-0.2, 0) is 4.74 Å². The first-order valence-electron chi connectivity index (χ1n) is 6.46. The Kier molecular flexibility index (Phi) is 7.67. The number of hydrogen-bond donors (Lipinski definition) is 1. The first kappa shape index (κ1) is 16.1. The molecule has 1 aromatic carbocycles. The molecule has 0 aliphatic heterocycles. The number of hydrogen-bond acceptors (Lipinski definition) is 2. The van der Waals surface area contributed by atoms with Crippen LogP contribution in [0.25, 0.3) is 0 Å². The van der Waals surface area contributed by atoms with Gasteiger partial charge in [-0.15, -0.1) is 0 Å². The standard InChI is InChI=1S/C14H19BrFNO2/c1-2-3-8-19-9-4-7-17-14(18)12-6-5-11(16)10-13(12)15/h5-6,10H,2-4,7-9H2,1H3,(H,17,18). The fourth-order valence-corrected chi connectivity index (χ4v) is 2.02. The van der Waals surface area contributed by atoms with Gasteiger partial charge in [0.15, 0.2) is 0 Å². The van der Waals surface area contributed by atoms with Crippen LogP contribution in [0.3, 0.4) is 0 Å². The summed E-state index contributed by atoms with van der Waals surface area (Å²) in [6.45, 7) is 4.08. The molecule has 0 aliphatic rings. The van der Waals surface area contributed by atoms with Crippen molar-refractivity contribution in [2.24, 2.45) is 0 Å². The summed E-state index contributed by atoms with van der Waals surface area (Å²) in [6.07, 6.45) is 2.96.